The van der Waals surface area contributed by atoms with Crippen LogP contribution in [-0.4, -0.2) is 17.6 Å². The summed E-state index contributed by atoms with van der Waals surface area (Å²) < 4.78 is 5.58. The van der Waals surface area contributed by atoms with E-state index in [1.165, 1.54) is 0 Å². The first-order chi connectivity index (χ1) is 12.7. The summed E-state index contributed by atoms with van der Waals surface area (Å²) in [6.45, 7) is 0.976. The molecule has 3 aromatic carbocycles. The van der Waals surface area contributed by atoms with E-state index in [4.69, 9.17) is 4.74 Å². The van der Waals surface area contributed by atoms with Crippen LogP contribution in [0.25, 0.3) is 11.1 Å². The third-order valence-corrected chi connectivity index (χ3v) is 4.52. The summed E-state index contributed by atoms with van der Waals surface area (Å²) in [5, 5.41) is 9.72. The third-order valence-electron chi connectivity index (χ3n) is 4.52. The van der Waals surface area contributed by atoms with E-state index in [0.717, 1.165) is 27.9 Å². The molecule has 4 heteroatoms. The second-order valence-corrected chi connectivity index (χ2v) is 6.35. The minimum atomic E-state index is -0.0438. The molecule has 0 spiro atoms. The smallest absolute Gasteiger partial charge is 0.253 e. The lowest BCUT2D eigenvalue weighted by Gasteiger charge is -2.23. The highest BCUT2D eigenvalue weighted by Gasteiger charge is 2.23. The van der Waals surface area contributed by atoms with Crippen molar-refractivity contribution in [3.8, 4) is 16.9 Å². The zero-order valence-electron chi connectivity index (χ0n) is 14.3. The molecular formula is C22H19NO3. The zero-order chi connectivity index (χ0) is 17.9. The summed E-state index contributed by atoms with van der Waals surface area (Å²) in [5.41, 5.74) is 4.83. The van der Waals surface area contributed by atoms with Crippen molar-refractivity contribution in [1.29, 1.82) is 0 Å². The highest BCUT2D eigenvalue weighted by atomic mass is 16.5. The lowest BCUT2D eigenvalue weighted by Crippen LogP contribution is -2.32. The predicted molar refractivity (Wildman–Crippen MR) is 101 cm³/mol. The number of hydrogen-bond donors (Lipinski definition) is 1. The van der Waals surface area contributed by atoms with E-state index >= 15 is 0 Å². The Bertz CT molecular complexity index is 937. The lowest BCUT2D eigenvalue weighted by molar-refractivity contribution is -0.123. The molecule has 4 rings (SSSR count). The highest BCUT2D eigenvalue weighted by molar-refractivity contribution is 5.96. The Labute approximate surface area is 152 Å². The van der Waals surface area contributed by atoms with E-state index in [0.29, 0.717) is 13.2 Å². The van der Waals surface area contributed by atoms with Gasteiger partial charge in [0.25, 0.3) is 5.91 Å². The highest BCUT2D eigenvalue weighted by Crippen LogP contribution is 2.32. The van der Waals surface area contributed by atoms with Crippen LogP contribution in [0.4, 0.5) is 5.69 Å². The van der Waals surface area contributed by atoms with E-state index < -0.39 is 0 Å². The third kappa shape index (κ3) is 3.32. The molecule has 0 saturated carbocycles. The molecule has 1 amide bonds. The van der Waals surface area contributed by atoms with Crippen LogP contribution in [0, 0.1) is 0 Å². The average Bonchev–Trinajstić information content (AvgIpc) is 2.81. The second-order valence-electron chi connectivity index (χ2n) is 6.35. The van der Waals surface area contributed by atoms with E-state index in [1.807, 2.05) is 60.7 Å². The van der Waals surface area contributed by atoms with Crippen molar-refractivity contribution in [2.45, 2.75) is 13.2 Å². The summed E-state index contributed by atoms with van der Waals surface area (Å²) >= 11 is 0. The van der Waals surface area contributed by atoms with Crippen molar-refractivity contribution in [2.24, 2.45) is 0 Å². The van der Waals surface area contributed by atoms with Gasteiger partial charge in [0.1, 0.15) is 12.4 Å². The number of rotatable bonds is 3. The van der Waals surface area contributed by atoms with Crippen LogP contribution in [0.1, 0.15) is 11.1 Å². The fourth-order valence-corrected chi connectivity index (χ4v) is 3.23. The number of ether oxygens (including phenoxy) is 1. The second kappa shape index (κ2) is 7.02. The van der Waals surface area contributed by atoms with Gasteiger partial charge in [0.15, 0.2) is 0 Å². The molecule has 0 radical (unpaired) electrons. The maximum absolute atomic E-state index is 12.5. The van der Waals surface area contributed by atoms with Crippen LogP contribution in [0.5, 0.6) is 5.75 Å². The summed E-state index contributed by atoms with van der Waals surface area (Å²) in [5.74, 6) is 0.187. The van der Waals surface area contributed by atoms with Crippen molar-refractivity contribution < 1.29 is 14.6 Å². The molecular weight excluding hydrogens is 326 g/mol. The SMILES string of the molecule is O=C1COCc2cc(-c3cccc(O)c3)ccc2N1Cc1ccccc1. The molecule has 130 valence electrons. The standard InChI is InChI=1S/C22H19NO3/c24-20-8-4-7-17(12-20)18-9-10-21-19(11-18)14-26-15-22(25)23(21)13-16-5-2-1-3-6-16/h1-12,24H,13-15H2. The Balaban J connectivity index is 1.72. The Morgan fingerprint density at radius 1 is 0.885 bits per heavy atom. The number of anilines is 1. The fraction of sp³-hybridized carbons (Fsp3) is 0.136. The van der Waals surface area contributed by atoms with Crippen LogP contribution in [-0.2, 0) is 22.7 Å². The number of nitrogens with zero attached hydrogens (tertiary/aromatic N) is 1. The Morgan fingerprint density at radius 2 is 1.69 bits per heavy atom. The largest absolute Gasteiger partial charge is 0.508 e. The first-order valence-corrected chi connectivity index (χ1v) is 8.55. The molecule has 26 heavy (non-hydrogen) atoms. The van der Waals surface area contributed by atoms with Crippen molar-refractivity contribution >= 4 is 11.6 Å². The van der Waals surface area contributed by atoms with Gasteiger partial charge in [-0.25, -0.2) is 0 Å². The molecule has 0 saturated heterocycles. The van der Waals surface area contributed by atoms with Gasteiger partial charge in [-0.1, -0.05) is 48.5 Å². The van der Waals surface area contributed by atoms with Gasteiger partial charge in [0.2, 0.25) is 0 Å². The Hall–Kier alpha value is -3.11. The molecule has 1 heterocycles. The van der Waals surface area contributed by atoms with Gasteiger partial charge in [-0.3, -0.25) is 4.79 Å². The molecule has 3 aromatic rings. The molecule has 0 atom stereocenters. The van der Waals surface area contributed by atoms with Crippen molar-refractivity contribution in [1.82, 2.24) is 0 Å². The summed E-state index contributed by atoms with van der Waals surface area (Å²) in [6, 6.07) is 23.0. The monoisotopic (exact) mass is 345 g/mol. The number of carbonyl (C=O) groups is 1. The number of hydrogen-bond acceptors (Lipinski definition) is 3. The van der Waals surface area contributed by atoms with Crippen LogP contribution >= 0.6 is 0 Å². The van der Waals surface area contributed by atoms with Gasteiger partial charge in [-0.05, 0) is 41.0 Å². The van der Waals surface area contributed by atoms with E-state index in [-0.39, 0.29) is 18.3 Å². The average molecular weight is 345 g/mol. The molecule has 0 bridgehead atoms. The van der Waals surface area contributed by atoms with Gasteiger partial charge in [0.05, 0.1) is 13.2 Å². The Kier molecular flexibility index (Phi) is 4.42. The van der Waals surface area contributed by atoms with Crippen molar-refractivity contribution in [2.75, 3.05) is 11.5 Å². The molecule has 1 aliphatic rings. The fourth-order valence-electron chi connectivity index (χ4n) is 3.23. The molecule has 1 N–H and O–H groups in total. The molecule has 4 nitrogen and oxygen atoms in total. The normalized spacial score (nSPS) is 14.0. The van der Waals surface area contributed by atoms with E-state index in [1.54, 1.807) is 17.0 Å². The van der Waals surface area contributed by atoms with Crippen LogP contribution < -0.4 is 4.90 Å². The number of aromatic hydroxyl groups is 1. The number of amides is 1. The van der Waals surface area contributed by atoms with Gasteiger partial charge in [0, 0.05) is 11.3 Å². The van der Waals surface area contributed by atoms with Gasteiger partial charge < -0.3 is 14.7 Å². The zero-order valence-corrected chi connectivity index (χ0v) is 14.3. The van der Waals surface area contributed by atoms with Gasteiger partial charge >= 0.3 is 0 Å². The lowest BCUT2D eigenvalue weighted by atomic mass is 10.0. The summed E-state index contributed by atoms with van der Waals surface area (Å²) in [6.07, 6.45) is 0. The van der Waals surface area contributed by atoms with Crippen LogP contribution in [0.3, 0.4) is 0 Å². The topological polar surface area (TPSA) is 49.8 Å². The van der Waals surface area contributed by atoms with Crippen LogP contribution in [0.15, 0.2) is 72.8 Å². The molecule has 0 fully saturated rings. The molecule has 0 aliphatic carbocycles. The number of phenolic OH excluding ortho intramolecular Hbond substituents is 1. The number of fused-ring (bicyclic) bond motifs is 1. The first kappa shape index (κ1) is 16.4. The number of benzene rings is 3. The van der Waals surface area contributed by atoms with Gasteiger partial charge in [-0.2, -0.15) is 0 Å². The van der Waals surface area contributed by atoms with Crippen molar-refractivity contribution in [3.63, 3.8) is 0 Å². The van der Waals surface area contributed by atoms with Gasteiger partial charge in [-0.15, -0.1) is 0 Å². The van der Waals surface area contributed by atoms with E-state index in [9.17, 15) is 9.90 Å². The number of phenols is 1. The Morgan fingerprint density at radius 3 is 2.50 bits per heavy atom. The van der Waals surface area contributed by atoms with Crippen LogP contribution in [0.2, 0.25) is 0 Å². The predicted octanol–water partition coefficient (Wildman–Crippen LogP) is 4.12. The molecule has 1 aliphatic heterocycles. The summed E-state index contributed by atoms with van der Waals surface area (Å²) in [4.78, 5) is 14.3. The minimum Gasteiger partial charge on any atom is -0.508 e. The summed E-state index contributed by atoms with van der Waals surface area (Å²) in [7, 11) is 0. The first-order valence-electron chi connectivity index (χ1n) is 8.55. The quantitative estimate of drug-likeness (QED) is 0.777. The maximum Gasteiger partial charge on any atom is 0.253 e. The number of carbonyl (C=O) groups excluding carboxylic acids is 1. The van der Waals surface area contributed by atoms with E-state index in [2.05, 4.69) is 0 Å². The minimum absolute atomic E-state index is 0.0438. The molecule has 0 aromatic heterocycles. The molecule has 0 unspecified atom stereocenters. The van der Waals surface area contributed by atoms with Crippen molar-refractivity contribution in [3.05, 3.63) is 83.9 Å². The maximum atomic E-state index is 12.5.